The number of halogens is 1. The van der Waals surface area contributed by atoms with Crippen LogP contribution in [-0.2, 0) is 9.53 Å². The first-order valence-electron chi connectivity index (χ1n) is 7.20. The SMILES string of the molecule is C#CCOc1cc(Br)c(/C=C2/SC(=O)N(CCOC)C2=O)cc1OC. The molecular formula is C17H16BrNO5S. The zero-order valence-corrected chi connectivity index (χ0v) is 16.1. The quantitative estimate of drug-likeness (QED) is 0.493. The van der Waals surface area contributed by atoms with E-state index in [1.807, 2.05) is 0 Å². The molecule has 2 amide bonds. The first-order chi connectivity index (χ1) is 12.0. The van der Waals surface area contributed by atoms with Crippen LogP contribution in [0.5, 0.6) is 11.5 Å². The second-order valence-corrected chi connectivity index (χ2v) is 6.69. The standard InChI is InChI=1S/C17H16BrNO5S/c1-4-6-24-14-10-12(18)11(8-13(14)23-3)9-15-16(20)19(5-7-22-2)17(21)25-15/h1,8-10H,5-7H2,2-3H3/b15-9+. The van der Waals surface area contributed by atoms with Crippen molar-refractivity contribution in [2.45, 2.75) is 0 Å². The average Bonchev–Trinajstić information content (AvgIpc) is 2.86. The Hall–Kier alpha value is -1.95. The maximum Gasteiger partial charge on any atom is 0.293 e. The monoisotopic (exact) mass is 425 g/mol. The van der Waals surface area contributed by atoms with E-state index in [1.165, 1.54) is 14.2 Å². The maximum absolute atomic E-state index is 12.4. The third kappa shape index (κ3) is 4.57. The van der Waals surface area contributed by atoms with Crippen LogP contribution in [0.4, 0.5) is 4.79 Å². The lowest BCUT2D eigenvalue weighted by atomic mass is 10.2. The lowest BCUT2D eigenvalue weighted by molar-refractivity contribution is -0.123. The summed E-state index contributed by atoms with van der Waals surface area (Å²) in [4.78, 5) is 25.8. The van der Waals surface area contributed by atoms with Gasteiger partial charge in [0, 0.05) is 11.6 Å². The number of benzene rings is 1. The Kier molecular flexibility index (Phi) is 6.93. The molecule has 0 aliphatic carbocycles. The number of nitrogens with zero attached hydrogens (tertiary/aromatic N) is 1. The van der Waals surface area contributed by atoms with Crippen LogP contribution in [0.25, 0.3) is 6.08 Å². The van der Waals surface area contributed by atoms with Crippen LogP contribution >= 0.6 is 27.7 Å². The van der Waals surface area contributed by atoms with Crippen molar-refractivity contribution in [1.82, 2.24) is 4.90 Å². The van der Waals surface area contributed by atoms with Crippen molar-refractivity contribution in [3.05, 3.63) is 27.1 Å². The van der Waals surface area contributed by atoms with Crippen LogP contribution in [0, 0.1) is 12.3 Å². The minimum absolute atomic E-state index is 0.112. The van der Waals surface area contributed by atoms with E-state index in [4.69, 9.17) is 20.6 Å². The van der Waals surface area contributed by atoms with E-state index in [-0.39, 0.29) is 24.3 Å². The molecule has 2 rings (SSSR count). The molecule has 6 nitrogen and oxygen atoms in total. The molecule has 0 radical (unpaired) electrons. The number of terminal acetylenes is 1. The fourth-order valence-electron chi connectivity index (χ4n) is 2.07. The van der Waals surface area contributed by atoms with Crippen molar-refractivity contribution in [2.24, 2.45) is 0 Å². The van der Waals surface area contributed by atoms with Crippen LogP contribution in [0.2, 0.25) is 0 Å². The molecule has 1 aromatic rings. The molecule has 1 aromatic carbocycles. The Balaban J connectivity index is 2.30. The first kappa shape index (κ1) is 19.4. The molecule has 0 N–H and O–H groups in total. The predicted octanol–water partition coefficient (Wildman–Crippen LogP) is 3.15. The van der Waals surface area contributed by atoms with Crippen LogP contribution in [0.15, 0.2) is 21.5 Å². The van der Waals surface area contributed by atoms with Gasteiger partial charge in [0.15, 0.2) is 11.5 Å². The Morgan fingerprint density at radius 1 is 1.32 bits per heavy atom. The number of hydrogen-bond donors (Lipinski definition) is 0. The number of thioether (sulfide) groups is 1. The molecule has 1 aliphatic rings. The van der Waals surface area contributed by atoms with E-state index in [9.17, 15) is 9.59 Å². The molecule has 0 saturated carbocycles. The van der Waals surface area contributed by atoms with Crippen molar-refractivity contribution >= 4 is 44.9 Å². The second-order valence-electron chi connectivity index (χ2n) is 4.84. The highest BCUT2D eigenvalue weighted by atomic mass is 79.9. The van der Waals surface area contributed by atoms with Gasteiger partial charge in [-0.1, -0.05) is 21.9 Å². The van der Waals surface area contributed by atoms with Gasteiger partial charge in [0.05, 0.1) is 25.2 Å². The van der Waals surface area contributed by atoms with Gasteiger partial charge in [0.1, 0.15) is 6.61 Å². The number of rotatable bonds is 7. The summed E-state index contributed by atoms with van der Waals surface area (Å²) in [7, 11) is 3.02. The number of carbonyl (C=O) groups excluding carboxylic acids is 2. The average molecular weight is 426 g/mol. The molecule has 1 saturated heterocycles. The van der Waals surface area contributed by atoms with E-state index in [0.29, 0.717) is 33.0 Å². The number of methoxy groups -OCH3 is 2. The highest BCUT2D eigenvalue weighted by Crippen LogP contribution is 2.37. The maximum atomic E-state index is 12.4. The summed E-state index contributed by atoms with van der Waals surface area (Å²) in [5.74, 6) is 3.00. The Labute approximate surface area is 158 Å². The summed E-state index contributed by atoms with van der Waals surface area (Å²) in [5.41, 5.74) is 0.683. The topological polar surface area (TPSA) is 65.1 Å². The molecule has 0 aromatic heterocycles. The van der Waals surface area contributed by atoms with Gasteiger partial charge >= 0.3 is 0 Å². The normalized spacial score (nSPS) is 15.6. The summed E-state index contributed by atoms with van der Waals surface area (Å²) >= 11 is 4.32. The summed E-state index contributed by atoms with van der Waals surface area (Å²) in [5, 5.41) is -0.314. The molecule has 0 atom stereocenters. The minimum atomic E-state index is -0.342. The molecule has 25 heavy (non-hydrogen) atoms. The molecular weight excluding hydrogens is 410 g/mol. The number of ether oxygens (including phenoxy) is 3. The van der Waals surface area contributed by atoms with Gasteiger partial charge in [-0.25, -0.2) is 0 Å². The van der Waals surface area contributed by atoms with Gasteiger partial charge in [-0.05, 0) is 35.5 Å². The molecule has 8 heteroatoms. The van der Waals surface area contributed by atoms with E-state index in [0.717, 1.165) is 16.7 Å². The lowest BCUT2D eigenvalue weighted by Crippen LogP contribution is -2.31. The Morgan fingerprint density at radius 2 is 2.08 bits per heavy atom. The highest BCUT2D eigenvalue weighted by molar-refractivity contribution is 9.10. The van der Waals surface area contributed by atoms with E-state index < -0.39 is 0 Å². The number of amides is 2. The third-order valence-electron chi connectivity index (χ3n) is 3.27. The van der Waals surface area contributed by atoms with Gasteiger partial charge in [0.25, 0.3) is 11.1 Å². The first-order valence-corrected chi connectivity index (χ1v) is 8.80. The zero-order valence-electron chi connectivity index (χ0n) is 13.7. The zero-order chi connectivity index (χ0) is 18.4. The lowest BCUT2D eigenvalue weighted by Gasteiger charge is -2.12. The molecule has 1 aliphatic heterocycles. The largest absolute Gasteiger partial charge is 0.493 e. The van der Waals surface area contributed by atoms with Crippen molar-refractivity contribution in [2.75, 3.05) is 34.0 Å². The van der Waals surface area contributed by atoms with Crippen molar-refractivity contribution in [3.8, 4) is 23.8 Å². The van der Waals surface area contributed by atoms with E-state index in [1.54, 1.807) is 18.2 Å². The van der Waals surface area contributed by atoms with Crippen LogP contribution in [0.1, 0.15) is 5.56 Å². The highest BCUT2D eigenvalue weighted by Gasteiger charge is 2.34. The minimum Gasteiger partial charge on any atom is -0.493 e. The summed E-state index contributed by atoms with van der Waals surface area (Å²) in [6, 6.07) is 3.41. The fourth-order valence-corrected chi connectivity index (χ4v) is 3.36. The van der Waals surface area contributed by atoms with Gasteiger partial charge in [-0.15, -0.1) is 6.42 Å². The summed E-state index contributed by atoms with van der Waals surface area (Å²) < 4.78 is 16.3. The summed E-state index contributed by atoms with van der Waals surface area (Å²) in [6.07, 6.45) is 6.83. The van der Waals surface area contributed by atoms with Crippen LogP contribution < -0.4 is 9.47 Å². The number of carbonyl (C=O) groups is 2. The molecule has 1 fully saturated rings. The third-order valence-corrected chi connectivity index (χ3v) is 4.87. The van der Waals surface area contributed by atoms with Crippen LogP contribution in [-0.4, -0.2) is 50.0 Å². The fraction of sp³-hybridized carbons (Fsp3) is 0.294. The molecule has 132 valence electrons. The Morgan fingerprint density at radius 3 is 2.72 bits per heavy atom. The van der Waals surface area contributed by atoms with Crippen molar-refractivity contribution in [3.63, 3.8) is 0 Å². The van der Waals surface area contributed by atoms with Gasteiger partial charge < -0.3 is 14.2 Å². The molecule has 0 unspecified atom stereocenters. The number of hydrogen-bond acceptors (Lipinski definition) is 6. The van der Waals surface area contributed by atoms with Gasteiger partial charge in [-0.3, -0.25) is 14.5 Å². The van der Waals surface area contributed by atoms with E-state index in [2.05, 4.69) is 21.9 Å². The molecule has 1 heterocycles. The Bertz CT molecular complexity index is 756. The van der Waals surface area contributed by atoms with Gasteiger partial charge in [0.2, 0.25) is 0 Å². The predicted molar refractivity (Wildman–Crippen MR) is 99.6 cm³/mol. The van der Waals surface area contributed by atoms with E-state index >= 15 is 0 Å². The number of imide groups is 1. The van der Waals surface area contributed by atoms with Crippen LogP contribution in [0.3, 0.4) is 0 Å². The van der Waals surface area contributed by atoms with Crippen molar-refractivity contribution in [1.29, 1.82) is 0 Å². The molecule has 0 spiro atoms. The smallest absolute Gasteiger partial charge is 0.293 e. The van der Waals surface area contributed by atoms with Crippen molar-refractivity contribution < 1.29 is 23.8 Å². The summed E-state index contributed by atoms with van der Waals surface area (Å²) in [6.45, 7) is 0.631. The van der Waals surface area contributed by atoms with Gasteiger partial charge in [-0.2, -0.15) is 0 Å². The molecule has 0 bridgehead atoms. The second kappa shape index (κ2) is 8.94.